The summed E-state index contributed by atoms with van der Waals surface area (Å²) in [6, 6.07) is 2.45. The second kappa shape index (κ2) is 7.08. The number of piperidine rings is 1. The topological polar surface area (TPSA) is 129 Å². The minimum atomic E-state index is -0.395. The summed E-state index contributed by atoms with van der Waals surface area (Å²) in [4.78, 5) is 23.1. The van der Waals surface area contributed by atoms with Crippen molar-refractivity contribution in [3.05, 3.63) is 23.5 Å². The molecule has 10 nitrogen and oxygen atoms in total. The fourth-order valence-corrected chi connectivity index (χ4v) is 3.76. The van der Waals surface area contributed by atoms with E-state index in [4.69, 9.17) is 16.3 Å². The molecule has 1 aliphatic carbocycles. The Kier molecular flexibility index (Phi) is 4.39. The second-order valence-corrected chi connectivity index (χ2v) is 7.86. The zero-order chi connectivity index (χ0) is 19.8. The summed E-state index contributed by atoms with van der Waals surface area (Å²) in [5, 5.41) is 17.7. The van der Waals surface area contributed by atoms with Crippen molar-refractivity contribution in [2.75, 3.05) is 24.6 Å². The van der Waals surface area contributed by atoms with Crippen molar-refractivity contribution in [1.82, 2.24) is 35.1 Å². The van der Waals surface area contributed by atoms with Crippen LogP contribution in [0.15, 0.2) is 12.5 Å². The Balaban J connectivity index is 1.27. The van der Waals surface area contributed by atoms with Crippen LogP contribution >= 0.6 is 11.6 Å². The number of hydrogen-bond donors (Lipinski definition) is 1. The average molecular weight is 412 g/mol. The summed E-state index contributed by atoms with van der Waals surface area (Å²) >= 11 is 6.08. The van der Waals surface area contributed by atoms with Gasteiger partial charge < -0.3 is 9.64 Å². The molecular weight excluding hydrogens is 394 g/mol. The molecule has 2 fully saturated rings. The van der Waals surface area contributed by atoms with E-state index >= 15 is 0 Å². The van der Waals surface area contributed by atoms with Crippen molar-refractivity contribution >= 4 is 28.6 Å². The maximum Gasteiger partial charge on any atom is 0.322 e. The highest BCUT2D eigenvalue weighted by molar-refractivity contribution is 6.28. The molecule has 148 valence electrons. The molecule has 0 aromatic carbocycles. The molecule has 0 amide bonds. The first-order valence-electron chi connectivity index (χ1n) is 9.50. The normalized spacial score (nSPS) is 18.6. The molecular formula is C18H18ClN9O. The number of nitrogens with zero attached hydrogens (tertiary/aromatic N) is 8. The molecule has 1 aliphatic heterocycles. The highest BCUT2D eigenvalue weighted by Crippen LogP contribution is 2.45. The van der Waals surface area contributed by atoms with Crippen LogP contribution in [0.2, 0.25) is 5.28 Å². The summed E-state index contributed by atoms with van der Waals surface area (Å²) in [5.74, 6) is 0.805. The van der Waals surface area contributed by atoms with Crippen molar-refractivity contribution < 1.29 is 4.74 Å². The van der Waals surface area contributed by atoms with Crippen LogP contribution in [0, 0.1) is 16.7 Å². The molecule has 29 heavy (non-hydrogen) atoms. The fraction of sp³-hybridized carbons (Fsp3) is 0.500. The van der Waals surface area contributed by atoms with Gasteiger partial charge in [0.05, 0.1) is 22.6 Å². The largest absolute Gasteiger partial charge is 0.462 e. The van der Waals surface area contributed by atoms with Crippen LogP contribution in [0.25, 0.3) is 11.0 Å². The lowest BCUT2D eigenvalue weighted by Gasteiger charge is -2.31. The Morgan fingerprint density at radius 1 is 1.28 bits per heavy atom. The number of aromatic nitrogens is 7. The summed E-state index contributed by atoms with van der Waals surface area (Å²) in [6.45, 7) is 1.79. The molecule has 1 N–H and O–H groups in total. The van der Waals surface area contributed by atoms with Gasteiger partial charge in [0.25, 0.3) is 0 Å². The minimum Gasteiger partial charge on any atom is -0.462 e. The summed E-state index contributed by atoms with van der Waals surface area (Å²) in [5.41, 5.74) is 1.37. The van der Waals surface area contributed by atoms with E-state index in [0.717, 1.165) is 55.5 Å². The van der Waals surface area contributed by atoms with Gasteiger partial charge in [-0.25, -0.2) is 9.97 Å². The van der Waals surface area contributed by atoms with Gasteiger partial charge in [0, 0.05) is 25.2 Å². The number of aromatic amines is 1. The van der Waals surface area contributed by atoms with Gasteiger partial charge in [0.2, 0.25) is 11.2 Å². The van der Waals surface area contributed by atoms with Gasteiger partial charge in [-0.15, -0.1) is 0 Å². The second-order valence-electron chi connectivity index (χ2n) is 7.52. The lowest BCUT2D eigenvalue weighted by atomic mass is 9.92. The first-order valence-corrected chi connectivity index (χ1v) is 9.88. The van der Waals surface area contributed by atoms with Crippen molar-refractivity contribution in [2.24, 2.45) is 5.41 Å². The Morgan fingerprint density at radius 2 is 2.10 bits per heavy atom. The average Bonchev–Trinajstić information content (AvgIpc) is 3.42. The SMILES string of the molecule is N#CC1(COc2nc(Cl)nc(N3CCC(c4n[nH]c5ncncc45)CC3)n2)CC1. The molecule has 3 aromatic heterocycles. The van der Waals surface area contributed by atoms with Crippen LogP contribution in [0.3, 0.4) is 0 Å². The van der Waals surface area contributed by atoms with Crippen LogP contribution in [-0.4, -0.2) is 54.8 Å². The quantitative estimate of drug-likeness (QED) is 0.671. The van der Waals surface area contributed by atoms with E-state index in [1.807, 2.05) is 0 Å². The molecule has 2 aliphatic rings. The number of halogens is 1. The standard InChI is InChI=1S/C18H18ClN9O/c19-15-23-16(25-17(24-15)29-9-18(8-20)3-4-18)28-5-1-11(2-6-28)13-12-7-21-10-22-14(12)27-26-13/h7,10-11H,1-6,9H2,(H,21,22,26,27). The van der Waals surface area contributed by atoms with E-state index in [1.54, 1.807) is 6.20 Å². The molecule has 0 spiro atoms. The maximum atomic E-state index is 9.18. The van der Waals surface area contributed by atoms with Gasteiger partial charge in [0.1, 0.15) is 12.9 Å². The highest BCUT2D eigenvalue weighted by atomic mass is 35.5. The number of ether oxygens (including phenoxy) is 1. The maximum absolute atomic E-state index is 9.18. The van der Waals surface area contributed by atoms with Crippen molar-refractivity contribution in [3.63, 3.8) is 0 Å². The number of nitriles is 1. The summed E-state index contributed by atoms with van der Waals surface area (Å²) in [7, 11) is 0. The molecule has 0 bridgehead atoms. The van der Waals surface area contributed by atoms with Crippen molar-refractivity contribution in [2.45, 2.75) is 31.6 Å². The Morgan fingerprint density at radius 3 is 2.86 bits per heavy atom. The predicted molar refractivity (Wildman–Crippen MR) is 103 cm³/mol. The number of fused-ring (bicyclic) bond motifs is 1. The molecule has 0 radical (unpaired) electrons. The van der Waals surface area contributed by atoms with Gasteiger partial charge in [-0.2, -0.15) is 25.3 Å². The zero-order valence-corrected chi connectivity index (χ0v) is 16.3. The lowest BCUT2D eigenvalue weighted by molar-refractivity contribution is 0.248. The highest BCUT2D eigenvalue weighted by Gasteiger charge is 2.44. The Hall–Kier alpha value is -3.06. The van der Waals surface area contributed by atoms with Gasteiger partial charge in [-0.1, -0.05) is 0 Å². The smallest absolute Gasteiger partial charge is 0.322 e. The van der Waals surface area contributed by atoms with Crippen LogP contribution < -0.4 is 9.64 Å². The van der Waals surface area contributed by atoms with E-state index < -0.39 is 5.41 Å². The lowest BCUT2D eigenvalue weighted by Crippen LogP contribution is -2.34. The number of rotatable bonds is 5. The van der Waals surface area contributed by atoms with E-state index in [2.05, 4.69) is 46.1 Å². The molecule has 11 heteroatoms. The van der Waals surface area contributed by atoms with Crippen LogP contribution in [0.4, 0.5) is 5.95 Å². The molecule has 0 atom stereocenters. The van der Waals surface area contributed by atoms with Crippen molar-refractivity contribution in [1.29, 1.82) is 5.26 Å². The molecule has 5 rings (SSSR count). The van der Waals surface area contributed by atoms with Gasteiger partial charge in [-0.05, 0) is 37.3 Å². The van der Waals surface area contributed by atoms with Gasteiger partial charge in [0.15, 0.2) is 5.65 Å². The minimum absolute atomic E-state index is 0.0874. The summed E-state index contributed by atoms with van der Waals surface area (Å²) in [6.07, 6.45) is 6.79. The van der Waals surface area contributed by atoms with Crippen molar-refractivity contribution in [3.8, 4) is 12.1 Å². The number of H-pyrrole nitrogens is 1. The first-order chi connectivity index (χ1) is 14.2. The molecule has 1 saturated carbocycles. The Bertz CT molecular complexity index is 1080. The van der Waals surface area contributed by atoms with E-state index in [0.29, 0.717) is 11.9 Å². The molecule has 1 saturated heterocycles. The monoisotopic (exact) mass is 411 g/mol. The summed E-state index contributed by atoms with van der Waals surface area (Å²) < 4.78 is 5.64. The molecule has 0 unspecified atom stereocenters. The number of anilines is 1. The fourth-order valence-electron chi connectivity index (χ4n) is 3.61. The Labute approximate surface area is 171 Å². The first kappa shape index (κ1) is 18.0. The number of nitrogens with one attached hydrogen (secondary N) is 1. The third-order valence-electron chi connectivity index (χ3n) is 5.58. The van der Waals surface area contributed by atoms with Gasteiger partial charge in [-0.3, -0.25) is 5.10 Å². The van der Waals surface area contributed by atoms with Crippen LogP contribution in [0.5, 0.6) is 6.01 Å². The van der Waals surface area contributed by atoms with E-state index in [9.17, 15) is 5.26 Å². The zero-order valence-electron chi connectivity index (χ0n) is 15.5. The van der Waals surface area contributed by atoms with Crippen LogP contribution in [0.1, 0.15) is 37.3 Å². The number of hydrogen-bond acceptors (Lipinski definition) is 9. The van der Waals surface area contributed by atoms with Gasteiger partial charge >= 0.3 is 6.01 Å². The predicted octanol–water partition coefficient (Wildman–Crippen LogP) is 2.26. The van der Waals surface area contributed by atoms with E-state index in [1.165, 1.54) is 6.33 Å². The molecule has 3 aromatic rings. The third kappa shape index (κ3) is 3.53. The van der Waals surface area contributed by atoms with E-state index in [-0.39, 0.29) is 17.9 Å². The molecule has 4 heterocycles. The van der Waals surface area contributed by atoms with Crippen LogP contribution in [-0.2, 0) is 0 Å². The third-order valence-corrected chi connectivity index (χ3v) is 5.75.